The highest BCUT2D eigenvalue weighted by molar-refractivity contribution is 6.34. The van der Waals surface area contributed by atoms with Crippen LogP contribution in [0.4, 0.5) is 0 Å². The van der Waals surface area contributed by atoms with Gasteiger partial charge in [0.05, 0.1) is 28.0 Å². The highest BCUT2D eigenvalue weighted by atomic mass is 16.3. The second kappa shape index (κ2) is 9.46. The number of nitrogens with zero attached hydrogens (tertiary/aromatic N) is 3. The van der Waals surface area contributed by atoms with Crippen molar-refractivity contribution < 1.29 is 13.6 Å². The van der Waals surface area contributed by atoms with Gasteiger partial charge >= 0.3 is 0 Å². The van der Waals surface area contributed by atoms with Gasteiger partial charge in [0.1, 0.15) is 11.2 Å². The minimum atomic E-state index is 0.0866. The van der Waals surface area contributed by atoms with Gasteiger partial charge in [-0.15, -0.1) is 0 Å². The van der Waals surface area contributed by atoms with Crippen molar-refractivity contribution in [3.63, 3.8) is 0 Å². The molecule has 5 aromatic heterocycles. The molecule has 12 rings (SSSR count). The van der Waals surface area contributed by atoms with Crippen LogP contribution in [-0.2, 0) is 6.42 Å². The second-order valence-electron chi connectivity index (χ2n) is 14.1. The molecule has 0 saturated heterocycles. The van der Waals surface area contributed by atoms with Crippen molar-refractivity contribution in [2.45, 2.75) is 24.8 Å². The first kappa shape index (κ1) is 26.7. The predicted molar refractivity (Wildman–Crippen MR) is 202 cm³/mol. The number of benzene rings is 5. The maximum atomic E-state index is 6.58. The zero-order valence-electron chi connectivity index (χ0n) is 27.3. The molecule has 2 atom stereocenters. The highest BCUT2D eigenvalue weighted by Crippen LogP contribution is 2.48. The van der Waals surface area contributed by atoms with E-state index in [0.29, 0.717) is 0 Å². The maximum Gasteiger partial charge on any atom is 0.249 e. The molecule has 0 spiro atoms. The Morgan fingerprint density at radius 1 is 0.620 bits per heavy atom. The molecular weight excluding hydrogens is 611 g/mol. The molecule has 0 bridgehead atoms. The molecule has 0 saturated carbocycles. The molecule has 0 aliphatic carbocycles. The van der Waals surface area contributed by atoms with E-state index in [1.54, 1.807) is 0 Å². The van der Waals surface area contributed by atoms with Crippen LogP contribution < -0.4 is 9.13 Å². The van der Waals surface area contributed by atoms with Crippen molar-refractivity contribution in [2.75, 3.05) is 0 Å². The van der Waals surface area contributed by atoms with E-state index in [0.717, 1.165) is 29.7 Å². The van der Waals surface area contributed by atoms with Gasteiger partial charge in [-0.2, -0.15) is 9.13 Å². The Morgan fingerprint density at radius 2 is 1.40 bits per heavy atom. The van der Waals surface area contributed by atoms with Gasteiger partial charge < -0.3 is 8.82 Å². The third-order valence-corrected chi connectivity index (χ3v) is 11.7. The fourth-order valence-corrected chi connectivity index (χ4v) is 9.72. The topological polar surface area (TPSA) is 25.3 Å². The molecule has 7 heterocycles. The summed E-state index contributed by atoms with van der Waals surface area (Å²) in [6.45, 7) is 4.87. The number of hydrogen-bond donors (Lipinski definition) is 0. The maximum absolute atomic E-state index is 6.58. The van der Waals surface area contributed by atoms with Gasteiger partial charge in [-0.3, -0.25) is 0 Å². The van der Waals surface area contributed by atoms with E-state index >= 15 is 0 Å². The molecule has 0 fully saturated rings. The summed E-state index contributed by atoms with van der Waals surface area (Å²) < 4.78 is 13.9. The van der Waals surface area contributed by atoms with Crippen LogP contribution in [0, 0.1) is 0 Å². The number of para-hydroxylation sites is 2. The summed E-state index contributed by atoms with van der Waals surface area (Å²) in [6.07, 6.45) is 6.41. The van der Waals surface area contributed by atoms with Crippen LogP contribution in [0.25, 0.3) is 88.2 Å². The summed E-state index contributed by atoms with van der Waals surface area (Å²) in [6, 6.07) is 46.8. The van der Waals surface area contributed by atoms with Gasteiger partial charge in [0.2, 0.25) is 23.1 Å². The summed E-state index contributed by atoms with van der Waals surface area (Å²) in [7, 11) is 0. The van der Waals surface area contributed by atoms with Crippen molar-refractivity contribution in [2.24, 2.45) is 0 Å². The van der Waals surface area contributed by atoms with Gasteiger partial charge in [0, 0.05) is 62.1 Å². The van der Waals surface area contributed by atoms with Crippen molar-refractivity contribution >= 4 is 65.7 Å². The molecule has 2 aliphatic rings. The lowest BCUT2D eigenvalue weighted by molar-refractivity contribution is -0.727. The number of pyridine rings is 2. The summed E-state index contributed by atoms with van der Waals surface area (Å²) in [5.74, 6) is 0.273. The molecule has 50 heavy (non-hydrogen) atoms. The van der Waals surface area contributed by atoms with Crippen LogP contribution in [-0.4, -0.2) is 4.40 Å². The average molecular weight is 642 g/mol. The zero-order valence-corrected chi connectivity index (χ0v) is 27.3. The lowest BCUT2D eigenvalue weighted by Gasteiger charge is -2.29. The molecule has 234 valence electrons. The van der Waals surface area contributed by atoms with Crippen LogP contribution in [0.2, 0.25) is 0 Å². The average Bonchev–Trinajstić information content (AvgIpc) is 3.82. The first-order valence-electron chi connectivity index (χ1n) is 17.6. The number of aryl methyl sites for hydroxylation is 1. The summed E-state index contributed by atoms with van der Waals surface area (Å²) in [5, 5.41) is 7.40. The number of fused-ring (bicyclic) bond motifs is 19. The SMILES string of the molecule is C=C1C2C(CCc3cc4c(cc3-c3cccc[n+]31)c1cc3oc5ccccc5c3c3c5ccccc5n4c13)c1ccccc1-c1cccc[n+]12. The third kappa shape index (κ3) is 3.26. The quantitative estimate of drug-likeness (QED) is 0.151. The predicted octanol–water partition coefficient (Wildman–Crippen LogP) is 10.4. The summed E-state index contributed by atoms with van der Waals surface area (Å²) >= 11 is 0. The van der Waals surface area contributed by atoms with E-state index < -0.39 is 0 Å². The smallest absolute Gasteiger partial charge is 0.249 e. The van der Waals surface area contributed by atoms with E-state index in [2.05, 4.69) is 153 Å². The van der Waals surface area contributed by atoms with Crippen molar-refractivity contribution in [3.8, 4) is 22.5 Å². The van der Waals surface area contributed by atoms with Crippen LogP contribution in [0.1, 0.15) is 29.5 Å². The monoisotopic (exact) mass is 641 g/mol. The third-order valence-electron chi connectivity index (χ3n) is 11.7. The van der Waals surface area contributed by atoms with Crippen molar-refractivity contribution in [1.82, 2.24) is 4.40 Å². The Bertz CT molecular complexity index is 3090. The van der Waals surface area contributed by atoms with Crippen LogP contribution in [0.5, 0.6) is 0 Å². The molecule has 10 aromatic rings. The van der Waals surface area contributed by atoms with E-state index in [-0.39, 0.29) is 12.0 Å². The van der Waals surface area contributed by atoms with Crippen molar-refractivity contribution in [1.29, 1.82) is 0 Å². The van der Waals surface area contributed by atoms with Crippen LogP contribution >= 0.6 is 0 Å². The largest absolute Gasteiger partial charge is 0.456 e. The molecule has 0 N–H and O–H groups in total. The fraction of sp³-hybridized carbons (Fsp3) is 0.0870. The first-order valence-corrected chi connectivity index (χ1v) is 17.6. The number of rotatable bonds is 0. The number of hydrogen-bond acceptors (Lipinski definition) is 1. The van der Waals surface area contributed by atoms with Gasteiger partial charge in [0.15, 0.2) is 12.4 Å². The molecule has 5 aromatic carbocycles. The Kier molecular flexibility index (Phi) is 5.04. The van der Waals surface area contributed by atoms with Gasteiger partial charge in [-0.25, -0.2) is 0 Å². The molecule has 2 unspecified atom stereocenters. The second-order valence-corrected chi connectivity index (χ2v) is 14.1. The standard InChI is InChI=1S/C46H31N3O/c1-27-45-31(29-12-2-3-13-30(29)37-16-9-11-23-48(37)45)21-20-28-24-40-35(25-34(28)38-17-8-10-22-47(27)38)36-26-42-43(33-15-5-7-19-41(33)50-42)44-32-14-4-6-18-39(32)49(40)46(36)44/h2-19,22-26,31,45H,1,20-21H2/q+2. The molecule has 4 heteroatoms. The minimum absolute atomic E-state index is 0.0866. The number of furan rings is 1. The van der Waals surface area contributed by atoms with E-state index in [4.69, 9.17) is 11.0 Å². The molecular formula is C46H31N3O+2. The van der Waals surface area contributed by atoms with Gasteiger partial charge in [-0.05, 0) is 79.1 Å². The number of aromatic nitrogens is 3. The lowest BCUT2D eigenvalue weighted by atomic mass is 9.78. The molecule has 0 radical (unpaired) electrons. The van der Waals surface area contributed by atoms with E-state index in [1.807, 2.05) is 0 Å². The van der Waals surface area contributed by atoms with Gasteiger partial charge in [-0.1, -0.05) is 54.6 Å². The van der Waals surface area contributed by atoms with Crippen LogP contribution in [0.15, 0.2) is 151 Å². The number of allylic oxidation sites excluding steroid dienone is 1. The normalized spacial score (nSPS) is 17.1. The summed E-state index contributed by atoms with van der Waals surface area (Å²) in [5.41, 5.74) is 14.5. The summed E-state index contributed by atoms with van der Waals surface area (Å²) in [4.78, 5) is 0. The lowest BCUT2D eigenvalue weighted by Crippen LogP contribution is -2.53. The molecule has 0 amide bonds. The van der Waals surface area contributed by atoms with E-state index in [9.17, 15) is 0 Å². The van der Waals surface area contributed by atoms with E-state index in [1.165, 1.54) is 82.5 Å². The van der Waals surface area contributed by atoms with Gasteiger partial charge in [0.25, 0.3) is 0 Å². The minimum Gasteiger partial charge on any atom is -0.456 e. The zero-order chi connectivity index (χ0) is 32.7. The molecule has 4 nitrogen and oxygen atoms in total. The Morgan fingerprint density at radius 3 is 2.34 bits per heavy atom. The fourth-order valence-electron chi connectivity index (χ4n) is 9.72. The Labute approximate surface area is 287 Å². The Balaban J connectivity index is 1.19. The first-order chi connectivity index (χ1) is 24.7. The Hall–Kier alpha value is -6.26. The highest BCUT2D eigenvalue weighted by Gasteiger charge is 2.46. The molecule has 2 aliphatic heterocycles. The van der Waals surface area contributed by atoms with Crippen LogP contribution in [0.3, 0.4) is 0 Å². The van der Waals surface area contributed by atoms with Crippen molar-refractivity contribution in [3.05, 3.63) is 157 Å².